The summed E-state index contributed by atoms with van der Waals surface area (Å²) in [6.07, 6.45) is 0.770. The zero-order chi connectivity index (χ0) is 50.4. The zero-order valence-corrected chi connectivity index (χ0v) is 44.2. The van der Waals surface area contributed by atoms with Gasteiger partial charge in [0.2, 0.25) is 0 Å². The highest BCUT2D eigenvalue weighted by atomic mass is 31.2. The molecule has 1 aliphatic rings. The SMILES string of the molecule is COc1ccc([P+](Cc2ccc(CN3CCN(CC(=O)OC(C)(C)C)CCN(CC(=O)OC(C)(C)C)CCN(CC(=O)OC(C)(C)C)CC3)cc2)(c2ccc(OC)cc2)c2ccc(OC)cc2)cc1. The molecule has 0 spiro atoms. The van der Waals surface area contributed by atoms with Crippen LogP contribution in [-0.4, -0.2) is 148 Å². The Morgan fingerprint density at radius 1 is 0.406 bits per heavy atom. The molecule has 0 amide bonds. The first-order valence-electron chi connectivity index (χ1n) is 24.0. The fourth-order valence-corrected chi connectivity index (χ4v) is 12.6. The Morgan fingerprint density at radius 2 is 0.667 bits per heavy atom. The lowest BCUT2D eigenvalue weighted by Gasteiger charge is -2.34. The number of ether oxygens (including phenoxy) is 6. The predicted molar refractivity (Wildman–Crippen MR) is 277 cm³/mol. The van der Waals surface area contributed by atoms with Gasteiger partial charge < -0.3 is 28.4 Å². The smallest absolute Gasteiger partial charge is 0.320 e. The first kappa shape index (κ1) is 54.9. The Hall–Kier alpha value is -5.04. The number of rotatable bonds is 16. The molecule has 1 heterocycles. The standard InChI is InChI=1S/C55H78N4O9P/c1-53(2,3)66-50(60)38-57-31-29-56(30-32-58(39-51(61)67-54(4,5)6)34-36-59(35-33-57)40-52(62)68-55(7,8)9)37-42-13-15-43(16-14-42)41-69(47-23-17-44(63-10)18-24-47,48-25-19-45(64-11)20-26-48)49-27-21-46(65-12)22-28-49/h13-28H,29-41H2,1-12H3/q+1. The van der Waals surface area contributed by atoms with Gasteiger partial charge in [0.25, 0.3) is 0 Å². The molecule has 4 aromatic rings. The maximum Gasteiger partial charge on any atom is 0.320 e. The van der Waals surface area contributed by atoms with Gasteiger partial charge in [-0.2, -0.15) is 0 Å². The van der Waals surface area contributed by atoms with Gasteiger partial charge >= 0.3 is 17.9 Å². The minimum absolute atomic E-state index is 0.0867. The van der Waals surface area contributed by atoms with Crippen molar-refractivity contribution in [3.05, 3.63) is 108 Å². The van der Waals surface area contributed by atoms with Crippen molar-refractivity contribution in [3.63, 3.8) is 0 Å². The monoisotopic (exact) mass is 970 g/mol. The van der Waals surface area contributed by atoms with Gasteiger partial charge in [-0.15, -0.1) is 0 Å². The van der Waals surface area contributed by atoms with E-state index >= 15 is 0 Å². The number of nitrogens with zero attached hydrogens (tertiary/aromatic N) is 4. The number of carbonyl (C=O) groups excluding carboxylic acids is 3. The fraction of sp³-hybridized carbons (Fsp3) is 0.509. The van der Waals surface area contributed by atoms with Crippen molar-refractivity contribution in [3.8, 4) is 17.2 Å². The summed E-state index contributed by atoms with van der Waals surface area (Å²) in [5.74, 6) is 1.49. The molecule has 0 N–H and O–H groups in total. The van der Waals surface area contributed by atoms with E-state index in [4.69, 9.17) is 28.4 Å². The molecule has 69 heavy (non-hydrogen) atoms. The number of carbonyl (C=O) groups is 3. The second-order valence-corrected chi connectivity index (χ2v) is 24.2. The van der Waals surface area contributed by atoms with Gasteiger partial charge in [-0.05, 0) is 146 Å². The molecule has 0 radical (unpaired) electrons. The molecule has 0 aliphatic carbocycles. The number of hydrogen-bond acceptors (Lipinski definition) is 13. The minimum atomic E-state index is -2.32. The van der Waals surface area contributed by atoms with Gasteiger partial charge in [-0.3, -0.25) is 34.0 Å². The molecule has 0 saturated carbocycles. The number of esters is 3. The Balaban J connectivity index is 1.46. The van der Waals surface area contributed by atoms with Gasteiger partial charge in [0.1, 0.15) is 57.2 Å². The molecule has 0 bridgehead atoms. The average Bonchev–Trinajstić information content (AvgIpc) is 3.28. The van der Waals surface area contributed by atoms with Crippen molar-refractivity contribution in [1.82, 2.24) is 19.6 Å². The van der Waals surface area contributed by atoms with Gasteiger partial charge in [0.15, 0.2) is 0 Å². The Kier molecular flexibility index (Phi) is 19.6. The Bertz CT molecular complexity index is 2070. The quantitative estimate of drug-likeness (QED) is 0.0656. The highest BCUT2D eigenvalue weighted by molar-refractivity contribution is 7.95. The van der Waals surface area contributed by atoms with Crippen LogP contribution in [0.5, 0.6) is 17.2 Å². The summed E-state index contributed by atoms with van der Waals surface area (Å²) >= 11 is 0. The van der Waals surface area contributed by atoms with Crippen LogP contribution in [0.3, 0.4) is 0 Å². The average molecular weight is 970 g/mol. The summed E-state index contributed by atoms with van der Waals surface area (Å²) in [4.78, 5) is 48.4. The van der Waals surface area contributed by atoms with Gasteiger partial charge in [-0.25, -0.2) is 0 Å². The molecular formula is C55H78N4O9P+. The lowest BCUT2D eigenvalue weighted by molar-refractivity contribution is -0.158. The molecular weight excluding hydrogens is 892 g/mol. The maximum atomic E-state index is 13.3. The Morgan fingerprint density at radius 3 is 0.928 bits per heavy atom. The van der Waals surface area contributed by atoms with Crippen LogP contribution in [-0.2, 0) is 41.3 Å². The molecule has 14 heteroatoms. The van der Waals surface area contributed by atoms with Gasteiger partial charge in [0.05, 0.1) is 47.1 Å². The van der Waals surface area contributed by atoms with Gasteiger partial charge in [0, 0.05) is 58.9 Å². The largest absolute Gasteiger partial charge is 0.497 e. The highest BCUT2D eigenvalue weighted by Crippen LogP contribution is 2.58. The van der Waals surface area contributed by atoms with Crippen molar-refractivity contribution in [2.45, 2.75) is 91.8 Å². The molecule has 1 aliphatic heterocycles. The molecule has 0 atom stereocenters. The van der Waals surface area contributed by atoms with E-state index in [1.165, 1.54) is 21.5 Å². The lowest BCUT2D eigenvalue weighted by Crippen LogP contribution is -2.49. The summed E-state index contributed by atoms with van der Waals surface area (Å²) in [5.41, 5.74) is 0.473. The lowest BCUT2D eigenvalue weighted by atomic mass is 10.1. The van der Waals surface area contributed by atoms with Crippen molar-refractivity contribution >= 4 is 41.1 Å². The molecule has 13 nitrogen and oxygen atoms in total. The third kappa shape index (κ3) is 17.7. The number of methoxy groups -OCH3 is 3. The van der Waals surface area contributed by atoms with E-state index in [2.05, 4.69) is 75.4 Å². The van der Waals surface area contributed by atoms with Crippen LogP contribution in [0.25, 0.3) is 0 Å². The number of benzene rings is 4. The molecule has 0 aromatic heterocycles. The van der Waals surface area contributed by atoms with E-state index in [0.717, 1.165) is 29.0 Å². The molecule has 1 saturated heterocycles. The van der Waals surface area contributed by atoms with Crippen LogP contribution in [0.2, 0.25) is 0 Å². The normalized spacial score (nSPS) is 15.6. The van der Waals surface area contributed by atoms with E-state index in [1.807, 2.05) is 104 Å². The van der Waals surface area contributed by atoms with Crippen molar-refractivity contribution in [1.29, 1.82) is 0 Å². The number of hydrogen-bond donors (Lipinski definition) is 0. The first-order chi connectivity index (χ1) is 32.6. The van der Waals surface area contributed by atoms with E-state index in [0.29, 0.717) is 58.9 Å². The van der Waals surface area contributed by atoms with Crippen molar-refractivity contribution < 1.29 is 42.8 Å². The second kappa shape index (κ2) is 24.7. The third-order valence-corrected chi connectivity index (χ3v) is 16.0. The van der Waals surface area contributed by atoms with Crippen LogP contribution in [0.15, 0.2) is 97.1 Å². The van der Waals surface area contributed by atoms with Crippen LogP contribution in [0.4, 0.5) is 0 Å². The van der Waals surface area contributed by atoms with E-state index in [1.54, 1.807) is 21.3 Å². The van der Waals surface area contributed by atoms with Crippen LogP contribution in [0, 0.1) is 0 Å². The summed E-state index contributed by atoms with van der Waals surface area (Å²) in [5, 5.41) is 3.67. The Labute approximate surface area is 412 Å². The fourth-order valence-electron chi connectivity index (χ4n) is 8.39. The summed E-state index contributed by atoms with van der Waals surface area (Å²) in [7, 11) is 2.74. The zero-order valence-electron chi connectivity index (χ0n) is 43.3. The third-order valence-electron chi connectivity index (χ3n) is 11.6. The van der Waals surface area contributed by atoms with E-state index in [9.17, 15) is 14.4 Å². The topological polar surface area (TPSA) is 120 Å². The summed E-state index contributed by atoms with van der Waals surface area (Å²) in [6, 6.07) is 34.4. The second-order valence-electron chi connectivity index (χ2n) is 20.7. The predicted octanol–water partition coefficient (Wildman–Crippen LogP) is 6.95. The van der Waals surface area contributed by atoms with Gasteiger partial charge in [-0.1, -0.05) is 24.3 Å². The van der Waals surface area contributed by atoms with E-state index in [-0.39, 0.29) is 37.5 Å². The molecule has 1 fully saturated rings. The maximum absolute atomic E-state index is 13.3. The highest BCUT2D eigenvalue weighted by Gasteiger charge is 2.46. The summed E-state index contributed by atoms with van der Waals surface area (Å²) < 4.78 is 34.1. The van der Waals surface area contributed by atoms with Crippen molar-refractivity contribution in [2.75, 3.05) is 93.3 Å². The van der Waals surface area contributed by atoms with Crippen LogP contribution in [0.1, 0.15) is 73.4 Å². The summed E-state index contributed by atoms with van der Waals surface area (Å²) in [6.45, 7) is 22.3. The molecule has 5 rings (SSSR count). The molecule has 0 unspecified atom stereocenters. The minimum Gasteiger partial charge on any atom is -0.497 e. The first-order valence-corrected chi connectivity index (χ1v) is 26.0. The van der Waals surface area contributed by atoms with Crippen LogP contribution < -0.4 is 30.1 Å². The van der Waals surface area contributed by atoms with Crippen molar-refractivity contribution in [2.24, 2.45) is 0 Å². The molecule has 4 aromatic carbocycles. The van der Waals surface area contributed by atoms with E-state index < -0.39 is 24.1 Å². The van der Waals surface area contributed by atoms with Crippen LogP contribution >= 0.6 is 7.26 Å². The molecule has 376 valence electrons.